The van der Waals surface area contributed by atoms with Crippen molar-refractivity contribution in [2.45, 2.75) is 18.9 Å². The van der Waals surface area contributed by atoms with E-state index >= 15 is 0 Å². The molecule has 0 aliphatic rings. The zero-order valence-electron chi connectivity index (χ0n) is 5.67. The van der Waals surface area contributed by atoms with E-state index in [1.54, 1.807) is 6.26 Å². The Hall–Kier alpha value is 0.270. The van der Waals surface area contributed by atoms with E-state index in [-0.39, 0.29) is 6.10 Å². The monoisotopic (exact) mass is 149 g/mol. The van der Waals surface area contributed by atoms with Gasteiger partial charge in [-0.05, 0) is 6.42 Å². The summed E-state index contributed by atoms with van der Waals surface area (Å²) >= 11 is -0.776. The van der Waals surface area contributed by atoms with E-state index in [1.165, 1.54) is 0 Å². The smallest absolute Gasteiger partial charge is 0.107 e. The zero-order chi connectivity index (χ0) is 7.28. The summed E-state index contributed by atoms with van der Waals surface area (Å²) in [6, 6.07) is 0. The lowest BCUT2D eigenvalue weighted by Crippen LogP contribution is -2.12. The molecule has 0 spiro atoms. The minimum absolute atomic E-state index is 0.367. The molecule has 0 bridgehead atoms. The van der Waals surface area contributed by atoms with E-state index in [0.29, 0.717) is 18.6 Å². The van der Waals surface area contributed by atoms with E-state index < -0.39 is 11.2 Å². The molecule has 2 nitrogen and oxygen atoms in total. The molecule has 2 unspecified atom stereocenters. The van der Waals surface area contributed by atoms with Crippen LogP contribution in [0.2, 0.25) is 0 Å². The van der Waals surface area contributed by atoms with Gasteiger partial charge < -0.3 is 9.66 Å². The van der Waals surface area contributed by atoms with Crippen molar-refractivity contribution >= 4 is 11.2 Å². The fourth-order valence-electron chi connectivity index (χ4n) is 0.446. The van der Waals surface area contributed by atoms with Crippen molar-refractivity contribution in [3.8, 4) is 0 Å². The largest absolute Gasteiger partial charge is 0.617 e. The summed E-state index contributed by atoms with van der Waals surface area (Å²) in [5.74, 6) is 0.580. The number of aliphatic hydroxyl groups excluding tert-OH is 1. The molecule has 0 heterocycles. The first-order valence-corrected chi connectivity index (χ1v) is 4.67. The molecule has 0 rings (SSSR count). The van der Waals surface area contributed by atoms with Crippen LogP contribution in [0.5, 0.6) is 0 Å². The lowest BCUT2D eigenvalue weighted by Gasteiger charge is -2.07. The van der Waals surface area contributed by atoms with Crippen molar-refractivity contribution in [3.63, 3.8) is 0 Å². The summed E-state index contributed by atoms with van der Waals surface area (Å²) in [4.78, 5) is 0. The standard InChI is InChI=1S/C6H13O2S/c1-3-6(7)4-5-9(2)8/h6-7H,1,3-5H2,2H3. The lowest BCUT2D eigenvalue weighted by molar-refractivity contribution is 0.174. The fraction of sp³-hybridized carbons (Fsp3) is 0.833. The van der Waals surface area contributed by atoms with Crippen molar-refractivity contribution < 1.29 is 9.66 Å². The van der Waals surface area contributed by atoms with Crippen LogP contribution >= 0.6 is 0 Å². The van der Waals surface area contributed by atoms with Gasteiger partial charge in [0.05, 0.1) is 12.4 Å². The second-order valence-corrected chi connectivity index (χ2v) is 3.56. The van der Waals surface area contributed by atoms with Gasteiger partial charge in [-0.2, -0.15) is 0 Å². The van der Waals surface area contributed by atoms with Crippen molar-refractivity contribution in [1.82, 2.24) is 0 Å². The zero-order valence-corrected chi connectivity index (χ0v) is 6.49. The van der Waals surface area contributed by atoms with E-state index in [1.807, 2.05) is 0 Å². The minimum atomic E-state index is -0.776. The van der Waals surface area contributed by atoms with Gasteiger partial charge in [0.2, 0.25) is 0 Å². The quantitative estimate of drug-likeness (QED) is 0.586. The van der Waals surface area contributed by atoms with Crippen LogP contribution in [0, 0.1) is 6.92 Å². The van der Waals surface area contributed by atoms with Crippen molar-refractivity contribution in [2.24, 2.45) is 0 Å². The van der Waals surface area contributed by atoms with Gasteiger partial charge in [-0.1, -0.05) is 18.1 Å². The highest BCUT2D eigenvalue weighted by Crippen LogP contribution is 1.98. The van der Waals surface area contributed by atoms with Gasteiger partial charge >= 0.3 is 0 Å². The van der Waals surface area contributed by atoms with Crippen LogP contribution < -0.4 is 0 Å². The molecule has 9 heavy (non-hydrogen) atoms. The second-order valence-electron chi connectivity index (χ2n) is 2.01. The topological polar surface area (TPSA) is 43.3 Å². The summed E-state index contributed by atoms with van der Waals surface area (Å²) in [7, 11) is 0. The average molecular weight is 149 g/mol. The third-order valence-corrected chi connectivity index (χ3v) is 1.88. The summed E-state index contributed by atoms with van der Waals surface area (Å²) < 4.78 is 10.4. The van der Waals surface area contributed by atoms with Crippen LogP contribution in [0.15, 0.2) is 0 Å². The fourth-order valence-corrected chi connectivity index (χ4v) is 1.05. The Morgan fingerprint density at radius 1 is 1.78 bits per heavy atom. The van der Waals surface area contributed by atoms with Crippen LogP contribution in [0.3, 0.4) is 0 Å². The third-order valence-electron chi connectivity index (χ3n) is 1.07. The predicted octanol–water partition coefficient (Wildman–Crippen LogP) is 0.340. The Morgan fingerprint density at radius 2 is 2.33 bits per heavy atom. The van der Waals surface area contributed by atoms with Gasteiger partial charge in [-0.15, -0.1) is 0 Å². The minimum Gasteiger partial charge on any atom is -0.617 e. The summed E-state index contributed by atoms with van der Waals surface area (Å²) in [6.45, 7) is 3.51. The van der Waals surface area contributed by atoms with E-state index in [0.717, 1.165) is 0 Å². The first kappa shape index (κ1) is 9.27. The van der Waals surface area contributed by atoms with Crippen LogP contribution in [0.25, 0.3) is 0 Å². The number of hydrogen-bond acceptors (Lipinski definition) is 2. The molecule has 0 fully saturated rings. The molecule has 3 heteroatoms. The number of hydrogen-bond donors (Lipinski definition) is 1. The highest BCUT2D eigenvalue weighted by atomic mass is 32.2. The van der Waals surface area contributed by atoms with Gasteiger partial charge in [0, 0.05) is 6.42 Å². The molecule has 0 amide bonds. The molecule has 0 aromatic rings. The maximum Gasteiger partial charge on any atom is 0.107 e. The van der Waals surface area contributed by atoms with E-state index in [2.05, 4.69) is 6.92 Å². The molecular formula is C6H13O2S. The molecule has 0 aromatic heterocycles. The molecule has 0 aromatic carbocycles. The van der Waals surface area contributed by atoms with Crippen LogP contribution in [-0.2, 0) is 11.2 Å². The first-order chi connectivity index (χ1) is 4.16. The third kappa shape index (κ3) is 6.15. The number of rotatable bonds is 4. The maximum absolute atomic E-state index is 10.4. The first-order valence-electron chi connectivity index (χ1n) is 2.94. The highest BCUT2D eigenvalue weighted by molar-refractivity contribution is 7.90. The van der Waals surface area contributed by atoms with Gasteiger partial charge in [-0.25, -0.2) is 0 Å². The molecule has 0 aliphatic heterocycles. The summed E-state index contributed by atoms with van der Waals surface area (Å²) in [5.41, 5.74) is 0. The summed E-state index contributed by atoms with van der Waals surface area (Å²) in [6.07, 6.45) is 2.38. The Balaban J connectivity index is 3.06. The Labute approximate surface area is 59.5 Å². The van der Waals surface area contributed by atoms with Crippen LogP contribution in [0.4, 0.5) is 0 Å². The lowest BCUT2D eigenvalue weighted by atomic mass is 10.2. The van der Waals surface area contributed by atoms with E-state index in [9.17, 15) is 4.55 Å². The SMILES string of the molecule is [CH2]CC(O)CC[S+](C)[O-]. The molecule has 1 N–H and O–H groups in total. The molecule has 1 radical (unpaired) electrons. The predicted molar refractivity (Wildman–Crippen MR) is 39.5 cm³/mol. The van der Waals surface area contributed by atoms with Gasteiger partial charge in [-0.3, -0.25) is 0 Å². The molecule has 0 aliphatic carbocycles. The number of aliphatic hydroxyl groups is 1. The van der Waals surface area contributed by atoms with Crippen molar-refractivity contribution in [2.75, 3.05) is 12.0 Å². The van der Waals surface area contributed by atoms with Crippen molar-refractivity contribution in [3.05, 3.63) is 6.92 Å². The van der Waals surface area contributed by atoms with E-state index in [4.69, 9.17) is 5.11 Å². The van der Waals surface area contributed by atoms with Gasteiger partial charge in [0.1, 0.15) is 5.75 Å². The molecule has 55 valence electrons. The molecular weight excluding hydrogens is 136 g/mol. The van der Waals surface area contributed by atoms with Crippen LogP contribution in [0.1, 0.15) is 12.8 Å². The molecule has 0 saturated heterocycles. The summed E-state index contributed by atoms with van der Waals surface area (Å²) in [5, 5.41) is 8.91. The Bertz CT molecular complexity index is 66.1. The van der Waals surface area contributed by atoms with Crippen LogP contribution in [-0.4, -0.2) is 27.8 Å². The van der Waals surface area contributed by atoms with Crippen molar-refractivity contribution in [1.29, 1.82) is 0 Å². The average Bonchev–Trinajstić information content (AvgIpc) is 1.83. The molecule has 0 saturated carbocycles. The van der Waals surface area contributed by atoms with Gasteiger partial charge in [0.15, 0.2) is 0 Å². The second kappa shape index (κ2) is 5.09. The normalized spacial score (nSPS) is 17.3. The highest BCUT2D eigenvalue weighted by Gasteiger charge is 2.03. The Kier molecular flexibility index (Phi) is 5.24. The van der Waals surface area contributed by atoms with Gasteiger partial charge in [0.25, 0.3) is 0 Å². The molecule has 2 atom stereocenters. The Morgan fingerprint density at radius 3 is 2.67 bits per heavy atom. The maximum atomic E-state index is 10.4.